The molecule has 0 radical (unpaired) electrons. The van der Waals surface area contributed by atoms with E-state index in [9.17, 15) is 9.18 Å². The Balaban J connectivity index is 1.49. The van der Waals surface area contributed by atoms with Gasteiger partial charge < -0.3 is 14.5 Å². The second kappa shape index (κ2) is 8.49. The molecule has 1 aliphatic heterocycles. The number of hydrogen-bond acceptors (Lipinski definition) is 4. The van der Waals surface area contributed by atoms with Crippen molar-refractivity contribution < 1.29 is 13.9 Å². The van der Waals surface area contributed by atoms with Crippen LogP contribution in [0, 0.1) is 5.82 Å². The molecule has 3 aromatic rings. The van der Waals surface area contributed by atoms with Crippen LogP contribution >= 0.6 is 0 Å². The van der Waals surface area contributed by atoms with E-state index in [1.807, 2.05) is 24.3 Å². The van der Waals surface area contributed by atoms with Crippen molar-refractivity contribution in [2.75, 3.05) is 19.6 Å². The second-order valence-electron chi connectivity index (χ2n) is 7.08. The van der Waals surface area contributed by atoms with Gasteiger partial charge in [0, 0.05) is 19.3 Å². The summed E-state index contributed by atoms with van der Waals surface area (Å²) >= 11 is 0. The number of aromatic nitrogens is 1. The molecule has 150 valence electrons. The summed E-state index contributed by atoms with van der Waals surface area (Å²) < 4.78 is 24.9. The molecule has 0 amide bonds. The number of ether oxygens (including phenoxy) is 2. The van der Waals surface area contributed by atoms with Crippen LogP contribution in [0.2, 0.25) is 0 Å². The standard InChI is InChI=1S/C23H23FN2O3/c1-2-26-13-20(14-26)29-19-9-5-17(6-10-19)22-21(11-12-25-23(22)27)28-15-16-3-7-18(24)8-4-16/h3-12,20H,2,13-15H2,1H3,(H,25,27). The van der Waals surface area contributed by atoms with Crippen LogP contribution in [0.1, 0.15) is 12.5 Å². The number of pyridine rings is 1. The van der Waals surface area contributed by atoms with Crippen molar-refractivity contribution in [3.8, 4) is 22.6 Å². The van der Waals surface area contributed by atoms with E-state index >= 15 is 0 Å². The van der Waals surface area contributed by atoms with E-state index in [1.54, 1.807) is 24.4 Å². The fourth-order valence-corrected chi connectivity index (χ4v) is 3.34. The van der Waals surface area contributed by atoms with Crippen molar-refractivity contribution >= 4 is 0 Å². The molecule has 1 aliphatic rings. The van der Waals surface area contributed by atoms with Crippen LogP contribution in [0.15, 0.2) is 65.6 Å². The molecule has 6 heteroatoms. The predicted molar refractivity (Wildman–Crippen MR) is 110 cm³/mol. The van der Waals surface area contributed by atoms with E-state index in [1.165, 1.54) is 12.1 Å². The molecule has 5 nitrogen and oxygen atoms in total. The monoisotopic (exact) mass is 394 g/mol. The number of nitrogens with zero attached hydrogens (tertiary/aromatic N) is 1. The third kappa shape index (κ3) is 4.49. The van der Waals surface area contributed by atoms with Crippen molar-refractivity contribution in [1.82, 2.24) is 9.88 Å². The lowest BCUT2D eigenvalue weighted by Gasteiger charge is -2.38. The van der Waals surface area contributed by atoms with Crippen LogP contribution in [0.5, 0.6) is 11.5 Å². The number of H-pyrrole nitrogens is 1. The summed E-state index contributed by atoms with van der Waals surface area (Å²) in [6.07, 6.45) is 1.77. The molecule has 2 heterocycles. The van der Waals surface area contributed by atoms with Gasteiger partial charge in [0.1, 0.15) is 30.0 Å². The first-order valence-corrected chi connectivity index (χ1v) is 9.70. The Morgan fingerprint density at radius 1 is 1.07 bits per heavy atom. The highest BCUT2D eigenvalue weighted by Crippen LogP contribution is 2.29. The molecule has 1 aromatic heterocycles. The average molecular weight is 394 g/mol. The summed E-state index contributed by atoms with van der Waals surface area (Å²) in [5.41, 5.74) is 1.80. The van der Waals surface area contributed by atoms with Crippen LogP contribution in [0.4, 0.5) is 4.39 Å². The summed E-state index contributed by atoms with van der Waals surface area (Å²) in [6.45, 7) is 5.30. The van der Waals surface area contributed by atoms with Gasteiger partial charge in [-0.15, -0.1) is 0 Å². The van der Waals surface area contributed by atoms with Crippen molar-refractivity contribution in [3.63, 3.8) is 0 Å². The lowest BCUT2D eigenvalue weighted by Crippen LogP contribution is -2.53. The van der Waals surface area contributed by atoms with Gasteiger partial charge in [-0.05, 0) is 48.0 Å². The number of likely N-dealkylation sites (tertiary alicyclic amines) is 1. The number of benzene rings is 2. The van der Waals surface area contributed by atoms with E-state index in [-0.39, 0.29) is 24.1 Å². The molecule has 1 saturated heterocycles. The third-order valence-electron chi connectivity index (χ3n) is 5.05. The highest BCUT2D eigenvalue weighted by Gasteiger charge is 2.26. The highest BCUT2D eigenvalue weighted by molar-refractivity contribution is 5.69. The minimum atomic E-state index is -0.294. The maximum Gasteiger partial charge on any atom is 0.259 e. The predicted octanol–water partition coefficient (Wildman–Crippen LogP) is 3.84. The molecule has 0 saturated carbocycles. The number of hydrogen-bond donors (Lipinski definition) is 1. The number of rotatable bonds is 7. The molecule has 1 fully saturated rings. The van der Waals surface area contributed by atoms with E-state index in [4.69, 9.17) is 9.47 Å². The zero-order valence-corrected chi connectivity index (χ0v) is 16.2. The van der Waals surface area contributed by atoms with E-state index < -0.39 is 0 Å². The first-order chi connectivity index (χ1) is 14.1. The molecule has 2 aromatic carbocycles. The normalized spacial score (nSPS) is 14.4. The van der Waals surface area contributed by atoms with Gasteiger partial charge in [-0.2, -0.15) is 0 Å². The van der Waals surface area contributed by atoms with E-state index in [2.05, 4.69) is 16.8 Å². The van der Waals surface area contributed by atoms with E-state index in [0.29, 0.717) is 11.3 Å². The van der Waals surface area contributed by atoms with E-state index in [0.717, 1.165) is 36.5 Å². The molecular weight excluding hydrogens is 371 g/mol. The van der Waals surface area contributed by atoms with Gasteiger partial charge in [0.15, 0.2) is 0 Å². The van der Waals surface area contributed by atoms with Gasteiger partial charge in [0.2, 0.25) is 0 Å². The minimum Gasteiger partial charge on any atom is -0.488 e. The van der Waals surface area contributed by atoms with Crippen molar-refractivity contribution in [1.29, 1.82) is 0 Å². The molecule has 29 heavy (non-hydrogen) atoms. The summed E-state index contributed by atoms with van der Waals surface area (Å²) in [6, 6.07) is 15.3. The Bertz CT molecular complexity index is 1010. The van der Waals surface area contributed by atoms with Gasteiger partial charge in [0.25, 0.3) is 5.56 Å². The molecule has 0 aliphatic carbocycles. The first-order valence-electron chi connectivity index (χ1n) is 9.70. The maximum atomic E-state index is 13.1. The van der Waals surface area contributed by atoms with Gasteiger partial charge in [-0.3, -0.25) is 9.69 Å². The Hall–Kier alpha value is -3.12. The summed E-state index contributed by atoms with van der Waals surface area (Å²) in [5.74, 6) is 0.970. The molecular formula is C23H23FN2O3. The average Bonchev–Trinajstić information content (AvgIpc) is 2.70. The molecule has 0 unspecified atom stereocenters. The summed E-state index contributed by atoms with van der Waals surface area (Å²) in [4.78, 5) is 17.5. The SMILES string of the molecule is CCN1CC(Oc2ccc(-c3c(OCc4ccc(F)cc4)cc[nH]c3=O)cc2)C1. The highest BCUT2D eigenvalue weighted by atomic mass is 19.1. The van der Waals surface area contributed by atoms with Crippen LogP contribution in [-0.2, 0) is 6.61 Å². The molecule has 0 bridgehead atoms. The zero-order chi connectivity index (χ0) is 20.2. The molecule has 0 spiro atoms. The van der Waals surface area contributed by atoms with Gasteiger partial charge >= 0.3 is 0 Å². The zero-order valence-electron chi connectivity index (χ0n) is 16.2. The Kier molecular flexibility index (Phi) is 5.62. The topological polar surface area (TPSA) is 54.6 Å². The van der Waals surface area contributed by atoms with Crippen molar-refractivity contribution in [2.24, 2.45) is 0 Å². The lowest BCUT2D eigenvalue weighted by atomic mass is 10.1. The fourth-order valence-electron chi connectivity index (χ4n) is 3.34. The third-order valence-corrected chi connectivity index (χ3v) is 5.05. The van der Waals surface area contributed by atoms with Crippen LogP contribution in [0.25, 0.3) is 11.1 Å². The fraction of sp³-hybridized carbons (Fsp3) is 0.261. The first kappa shape index (κ1) is 19.2. The number of likely N-dealkylation sites (N-methyl/N-ethyl adjacent to an activating group) is 1. The van der Waals surface area contributed by atoms with Crippen molar-refractivity contribution in [2.45, 2.75) is 19.6 Å². The summed E-state index contributed by atoms with van der Waals surface area (Å²) in [5, 5.41) is 0. The molecule has 1 N–H and O–H groups in total. The van der Waals surface area contributed by atoms with Crippen molar-refractivity contribution in [3.05, 3.63) is 82.5 Å². The molecule has 4 rings (SSSR count). The Labute approximate surface area is 168 Å². The Morgan fingerprint density at radius 2 is 1.79 bits per heavy atom. The maximum absolute atomic E-state index is 13.1. The Morgan fingerprint density at radius 3 is 2.48 bits per heavy atom. The summed E-state index contributed by atoms with van der Waals surface area (Å²) in [7, 11) is 0. The van der Waals surface area contributed by atoms with Crippen LogP contribution in [0.3, 0.4) is 0 Å². The number of halogens is 1. The number of nitrogens with one attached hydrogen (secondary N) is 1. The minimum absolute atomic E-state index is 0.218. The van der Waals surface area contributed by atoms with Crippen LogP contribution < -0.4 is 15.0 Å². The van der Waals surface area contributed by atoms with Gasteiger partial charge in [-0.1, -0.05) is 31.2 Å². The second-order valence-corrected chi connectivity index (χ2v) is 7.08. The quantitative estimate of drug-likeness (QED) is 0.662. The smallest absolute Gasteiger partial charge is 0.259 e. The molecule has 0 atom stereocenters. The largest absolute Gasteiger partial charge is 0.488 e. The van der Waals surface area contributed by atoms with Crippen LogP contribution in [-0.4, -0.2) is 35.6 Å². The van der Waals surface area contributed by atoms with Gasteiger partial charge in [0.05, 0.1) is 5.56 Å². The van der Waals surface area contributed by atoms with Gasteiger partial charge in [-0.25, -0.2) is 4.39 Å². The lowest BCUT2D eigenvalue weighted by molar-refractivity contribution is 0.0238. The number of aromatic amines is 1.